The van der Waals surface area contributed by atoms with E-state index in [2.05, 4.69) is 24.3 Å². The van der Waals surface area contributed by atoms with Crippen molar-refractivity contribution < 1.29 is 4.79 Å². The SMILES string of the molecule is O=C(c1ccccc1Cl)C1C2CCc3ccccc3C21. The van der Waals surface area contributed by atoms with Gasteiger partial charge < -0.3 is 0 Å². The summed E-state index contributed by atoms with van der Waals surface area (Å²) in [7, 11) is 0. The summed E-state index contributed by atoms with van der Waals surface area (Å²) in [5.41, 5.74) is 3.49. The Morgan fingerprint density at radius 2 is 1.80 bits per heavy atom. The third-order valence-electron chi connectivity index (χ3n) is 4.77. The van der Waals surface area contributed by atoms with E-state index >= 15 is 0 Å². The molecular formula is C18H15ClO. The molecule has 2 aromatic rings. The molecule has 0 aromatic heterocycles. The Labute approximate surface area is 123 Å². The van der Waals surface area contributed by atoms with Crippen molar-refractivity contribution in [3.8, 4) is 0 Å². The molecule has 0 N–H and O–H groups in total. The second-order valence-corrected chi connectivity index (χ2v) is 6.20. The summed E-state index contributed by atoms with van der Waals surface area (Å²) in [5.74, 6) is 1.30. The summed E-state index contributed by atoms with van der Waals surface area (Å²) in [4.78, 5) is 12.7. The Morgan fingerprint density at radius 3 is 2.65 bits per heavy atom. The van der Waals surface area contributed by atoms with Crippen LogP contribution in [0.1, 0.15) is 33.8 Å². The van der Waals surface area contributed by atoms with Crippen LogP contribution in [0.2, 0.25) is 5.02 Å². The summed E-state index contributed by atoms with van der Waals surface area (Å²) in [6.45, 7) is 0. The normalized spacial score (nSPS) is 26.6. The van der Waals surface area contributed by atoms with Crippen molar-refractivity contribution in [2.75, 3.05) is 0 Å². The van der Waals surface area contributed by atoms with Gasteiger partial charge in [-0.25, -0.2) is 0 Å². The fourth-order valence-corrected chi connectivity index (χ4v) is 3.99. The van der Waals surface area contributed by atoms with Crippen LogP contribution in [0, 0.1) is 11.8 Å². The monoisotopic (exact) mass is 282 g/mol. The summed E-state index contributed by atoms with van der Waals surface area (Å²) in [5, 5.41) is 0.578. The first-order chi connectivity index (χ1) is 9.77. The van der Waals surface area contributed by atoms with Gasteiger partial charge in [0.1, 0.15) is 0 Å². The number of hydrogen-bond acceptors (Lipinski definition) is 1. The quantitative estimate of drug-likeness (QED) is 0.741. The Bertz CT molecular complexity index is 691. The van der Waals surface area contributed by atoms with Crippen molar-refractivity contribution in [2.45, 2.75) is 18.8 Å². The number of carbonyl (C=O) groups is 1. The van der Waals surface area contributed by atoms with Gasteiger partial charge in [0.2, 0.25) is 0 Å². The van der Waals surface area contributed by atoms with Crippen LogP contribution in [-0.2, 0) is 6.42 Å². The van der Waals surface area contributed by atoms with E-state index in [1.165, 1.54) is 11.1 Å². The largest absolute Gasteiger partial charge is 0.294 e. The van der Waals surface area contributed by atoms with Crippen LogP contribution in [0.5, 0.6) is 0 Å². The maximum absolute atomic E-state index is 12.7. The van der Waals surface area contributed by atoms with Gasteiger partial charge in [0.05, 0.1) is 5.02 Å². The minimum absolute atomic E-state index is 0.138. The lowest BCUT2D eigenvalue weighted by Gasteiger charge is -2.13. The van der Waals surface area contributed by atoms with Crippen LogP contribution in [0.3, 0.4) is 0 Å². The highest BCUT2D eigenvalue weighted by Gasteiger charge is 2.56. The zero-order valence-electron chi connectivity index (χ0n) is 11.1. The molecule has 0 radical (unpaired) electrons. The zero-order chi connectivity index (χ0) is 13.7. The molecule has 3 unspecified atom stereocenters. The van der Waals surface area contributed by atoms with E-state index in [0.717, 1.165) is 12.8 Å². The molecule has 20 heavy (non-hydrogen) atoms. The second kappa shape index (κ2) is 4.46. The van der Waals surface area contributed by atoms with Crippen LogP contribution in [0.25, 0.3) is 0 Å². The topological polar surface area (TPSA) is 17.1 Å². The molecule has 2 heteroatoms. The maximum atomic E-state index is 12.7. The number of ketones is 1. The van der Waals surface area contributed by atoms with Gasteiger partial charge in [-0.05, 0) is 47.9 Å². The predicted molar refractivity (Wildman–Crippen MR) is 80.3 cm³/mol. The Balaban J connectivity index is 1.68. The van der Waals surface area contributed by atoms with Crippen LogP contribution in [-0.4, -0.2) is 5.78 Å². The number of benzene rings is 2. The molecule has 100 valence electrons. The molecule has 0 spiro atoms. The first kappa shape index (κ1) is 12.2. The number of aryl methyl sites for hydroxylation is 1. The molecule has 2 aliphatic carbocycles. The van der Waals surface area contributed by atoms with E-state index in [0.29, 0.717) is 22.4 Å². The molecule has 0 heterocycles. The number of halogens is 1. The van der Waals surface area contributed by atoms with Gasteiger partial charge in [0.15, 0.2) is 5.78 Å². The van der Waals surface area contributed by atoms with Crippen molar-refractivity contribution in [1.29, 1.82) is 0 Å². The molecule has 0 bridgehead atoms. The van der Waals surface area contributed by atoms with Crippen LogP contribution >= 0.6 is 11.6 Å². The molecule has 3 atom stereocenters. The minimum Gasteiger partial charge on any atom is -0.294 e. The smallest absolute Gasteiger partial charge is 0.168 e. The molecule has 2 aromatic carbocycles. The molecule has 1 fully saturated rings. The Morgan fingerprint density at radius 1 is 1.05 bits per heavy atom. The molecule has 0 aliphatic heterocycles. The lowest BCUT2D eigenvalue weighted by atomic mass is 9.92. The lowest BCUT2D eigenvalue weighted by molar-refractivity contribution is 0.0959. The molecule has 0 saturated heterocycles. The third kappa shape index (κ3) is 1.73. The van der Waals surface area contributed by atoms with E-state index < -0.39 is 0 Å². The predicted octanol–water partition coefficient (Wildman–Crippen LogP) is 4.50. The van der Waals surface area contributed by atoms with Gasteiger partial charge >= 0.3 is 0 Å². The summed E-state index contributed by atoms with van der Waals surface area (Å²) in [6.07, 6.45) is 2.23. The van der Waals surface area contributed by atoms with Gasteiger partial charge in [-0.1, -0.05) is 48.0 Å². The standard InChI is InChI=1S/C18H15ClO/c19-15-8-4-3-7-13(15)18(20)17-14-10-9-11-5-1-2-6-12(11)16(14)17/h1-8,14,16-17H,9-10H2. The number of rotatable bonds is 2. The van der Waals surface area contributed by atoms with Crippen molar-refractivity contribution in [3.05, 3.63) is 70.2 Å². The van der Waals surface area contributed by atoms with Gasteiger partial charge in [-0.2, -0.15) is 0 Å². The van der Waals surface area contributed by atoms with Crippen LogP contribution in [0.15, 0.2) is 48.5 Å². The molecule has 2 aliphatic rings. The van der Waals surface area contributed by atoms with Crippen molar-refractivity contribution in [2.24, 2.45) is 11.8 Å². The Hall–Kier alpha value is -1.60. The minimum atomic E-state index is 0.138. The average molecular weight is 283 g/mol. The van der Waals surface area contributed by atoms with Crippen molar-refractivity contribution >= 4 is 17.4 Å². The fourth-order valence-electron chi connectivity index (χ4n) is 3.76. The zero-order valence-corrected chi connectivity index (χ0v) is 11.8. The number of fused-ring (bicyclic) bond motifs is 3. The van der Waals surface area contributed by atoms with Gasteiger partial charge in [0.25, 0.3) is 0 Å². The maximum Gasteiger partial charge on any atom is 0.168 e. The summed E-state index contributed by atoms with van der Waals surface area (Å²) < 4.78 is 0. The highest BCUT2D eigenvalue weighted by atomic mass is 35.5. The van der Waals surface area contributed by atoms with E-state index in [9.17, 15) is 4.79 Å². The van der Waals surface area contributed by atoms with E-state index in [-0.39, 0.29) is 11.7 Å². The molecule has 0 amide bonds. The lowest BCUT2D eigenvalue weighted by Crippen LogP contribution is -2.04. The highest BCUT2D eigenvalue weighted by Crippen LogP contribution is 2.61. The molecular weight excluding hydrogens is 268 g/mol. The molecule has 4 rings (SSSR count). The number of carbonyl (C=O) groups excluding carboxylic acids is 1. The number of hydrogen-bond donors (Lipinski definition) is 0. The molecule has 1 saturated carbocycles. The van der Waals surface area contributed by atoms with Gasteiger partial charge in [-0.3, -0.25) is 4.79 Å². The van der Waals surface area contributed by atoms with Crippen LogP contribution < -0.4 is 0 Å². The highest BCUT2D eigenvalue weighted by molar-refractivity contribution is 6.34. The van der Waals surface area contributed by atoms with Crippen molar-refractivity contribution in [1.82, 2.24) is 0 Å². The van der Waals surface area contributed by atoms with E-state index in [1.54, 1.807) is 6.07 Å². The van der Waals surface area contributed by atoms with E-state index in [4.69, 9.17) is 11.6 Å². The van der Waals surface area contributed by atoms with Crippen molar-refractivity contribution in [3.63, 3.8) is 0 Å². The second-order valence-electron chi connectivity index (χ2n) is 5.80. The van der Waals surface area contributed by atoms with Gasteiger partial charge in [0, 0.05) is 11.5 Å². The molecule has 1 nitrogen and oxygen atoms in total. The van der Waals surface area contributed by atoms with E-state index in [1.807, 2.05) is 18.2 Å². The fraction of sp³-hybridized carbons (Fsp3) is 0.278. The first-order valence-corrected chi connectivity index (χ1v) is 7.51. The van der Waals surface area contributed by atoms with Gasteiger partial charge in [-0.15, -0.1) is 0 Å². The Kier molecular flexibility index (Phi) is 2.71. The summed E-state index contributed by atoms with van der Waals surface area (Å²) in [6, 6.07) is 16.0. The summed E-state index contributed by atoms with van der Waals surface area (Å²) >= 11 is 6.17. The first-order valence-electron chi connectivity index (χ1n) is 7.14. The average Bonchev–Trinajstić information content (AvgIpc) is 3.22. The third-order valence-corrected chi connectivity index (χ3v) is 5.10. The van der Waals surface area contributed by atoms with Crippen LogP contribution in [0.4, 0.5) is 0 Å². The number of Topliss-reactive ketones (excluding diaryl/α,β-unsaturated/α-hetero) is 1.